The molecule has 4 nitrogen and oxygen atoms in total. The Labute approximate surface area is 70.6 Å². The van der Waals surface area contributed by atoms with Gasteiger partial charge in [-0.1, -0.05) is 6.58 Å². The fraction of sp³-hybridized carbons (Fsp3) is 0.500. The van der Waals surface area contributed by atoms with Crippen molar-refractivity contribution >= 4 is 18.6 Å². The third-order valence-corrected chi connectivity index (χ3v) is 0.702. The van der Waals surface area contributed by atoms with E-state index in [9.17, 15) is 4.79 Å². The van der Waals surface area contributed by atoms with Gasteiger partial charge in [0, 0.05) is 0 Å². The van der Waals surface area contributed by atoms with Gasteiger partial charge in [-0.2, -0.15) is 0 Å². The standard InChI is InChI=1S/C3H4O2S.C3H8O2/c1-2(6)3(4)5;1-3(5)2-4/h6H,1H2,(H,4,5);3-5H,2H2,1H3. The summed E-state index contributed by atoms with van der Waals surface area (Å²) in [5.74, 6) is -1.07. The van der Waals surface area contributed by atoms with Gasteiger partial charge >= 0.3 is 5.97 Å². The fourth-order valence-corrected chi connectivity index (χ4v) is 0. The molecule has 0 aromatic heterocycles. The van der Waals surface area contributed by atoms with Gasteiger partial charge < -0.3 is 15.3 Å². The molecular weight excluding hydrogens is 168 g/mol. The van der Waals surface area contributed by atoms with Crippen LogP contribution in [0.3, 0.4) is 0 Å². The van der Waals surface area contributed by atoms with E-state index in [0.29, 0.717) is 0 Å². The molecule has 0 bridgehead atoms. The molecule has 11 heavy (non-hydrogen) atoms. The van der Waals surface area contributed by atoms with E-state index in [-0.39, 0.29) is 11.5 Å². The molecule has 1 unspecified atom stereocenters. The van der Waals surface area contributed by atoms with Crippen molar-refractivity contribution in [2.45, 2.75) is 13.0 Å². The van der Waals surface area contributed by atoms with Gasteiger partial charge in [0.1, 0.15) is 0 Å². The lowest BCUT2D eigenvalue weighted by Gasteiger charge is -1.90. The molecule has 0 rings (SSSR count). The molecule has 0 aliphatic heterocycles. The average Bonchev–Trinajstić information content (AvgIpc) is 1.89. The van der Waals surface area contributed by atoms with E-state index in [4.69, 9.17) is 15.3 Å². The molecule has 0 fully saturated rings. The van der Waals surface area contributed by atoms with Crippen molar-refractivity contribution in [3.63, 3.8) is 0 Å². The van der Waals surface area contributed by atoms with Crippen LogP contribution in [0.15, 0.2) is 11.5 Å². The van der Waals surface area contributed by atoms with Gasteiger partial charge in [0.15, 0.2) is 0 Å². The number of hydrogen-bond donors (Lipinski definition) is 4. The van der Waals surface area contributed by atoms with Crippen LogP contribution in [0.25, 0.3) is 0 Å². The predicted octanol–water partition coefficient (Wildman–Crippen LogP) is -0.126. The second-order valence-electron chi connectivity index (χ2n) is 1.78. The molecule has 66 valence electrons. The first kappa shape index (κ1) is 13.1. The third kappa shape index (κ3) is 17.7. The Morgan fingerprint density at radius 2 is 1.91 bits per heavy atom. The number of thiol groups is 1. The number of aliphatic hydroxyl groups excluding tert-OH is 2. The zero-order chi connectivity index (χ0) is 9.44. The Hall–Kier alpha value is -0.520. The van der Waals surface area contributed by atoms with E-state index in [1.165, 1.54) is 6.92 Å². The highest BCUT2D eigenvalue weighted by Crippen LogP contribution is 1.91. The Bertz CT molecular complexity index is 121. The lowest BCUT2D eigenvalue weighted by molar-refractivity contribution is -0.131. The monoisotopic (exact) mass is 180 g/mol. The van der Waals surface area contributed by atoms with Crippen LogP contribution in [0, 0.1) is 0 Å². The van der Waals surface area contributed by atoms with Crippen molar-refractivity contribution in [1.29, 1.82) is 0 Å². The molecule has 0 amide bonds. The van der Waals surface area contributed by atoms with Crippen molar-refractivity contribution in [1.82, 2.24) is 0 Å². The van der Waals surface area contributed by atoms with Crippen LogP contribution in [-0.4, -0.2) is 34.0 Å². The lowest BCUT2D eigenvalue weighted by atomic mass is 10.5. The van der Waals surface area contributed by atoms with Crippen LogP contribution in [-0.2, 0) is 4.79 Å². The Kier molecular flexibility index (Phi) is 9.03. The molecule has 0 spiro atoms. The molecule has 0 aliphatic carbocycles. The molecule has 3 N–H and O–H groups in total. The minimum absolute atomic E-state index is 0.130. The minimum atomic E-state index is -1.07. The second-order valence-corrected chi connectivity index (χ2v) is 2.32. The van der Waals surface area contributed by atoms with Gasteiger partial charge in [0.05, 0.1) is 17.6 Å². The van der Waals surface area contributed by atoms with E-state index >= 15 is 0 Å². The largest absolute Gasteiger partial charge is 0.477 e. The first-order chi connectivity index (χ1) is 4.91. The highest BCUT2D eigenvalue weighted by Gasteiger charge is 1.91. The van der Waals surface area contributed by atoms with Crippen molar-refractivity contribution in [3.8, 4) is 0 Å². The van der Waals surface area contributed by atoms with Gasteiger partial charge in [-0.15, -0.1) is 12.6 Å². The highest BCUT2D eigenvalue weighted by molar-refractivity contribution is 7.85. The minimum Gasteiger partial charge on any atom is -0.477 e. The Morgan fingerprint density at radius 1 is 1.73 bits per heavy atom. The van der Waals surface area contributed by atoms with Gasteiger partial charge in [-0.05, 0) is 6.92 Å². The number of carboxylic acids is 1. The number of carboxylic acid groups (broad SMARTS) is 1. The van der Waals surface area contributed by atoms with Crippen molar-refractivity contribution in [2.24, 2.45) is 0 Å². The summed E-state index contributed by atoms with van der Waals surface area (Å²) in [5.41, 5.74) is 0. The number of rotatable bonds is 2. The normalized spacial score (nSPS) is 10.9. The summed E-state index contributed by atoms with van der Waals surface area (Å²) in [7, 11) is 0. The van der Waals surface area contributed by atoms with E-state index < -0.39 is 12.1 Å². The smallest absolute Gasteiger partial charge is 0.341 e. The molecule has 5 heteroatoms. The number of hydrogen-bond acceptors (Lipinski definition) is 4. The topological polar surface area (TPSA) is 77.8 Å². The van der Waals surface area contributed by atoms with Crippen molar-refractivity contribution in [3.05, 3.63) is 11.5 Å². The summed E-state index contributed by atoms with van der Waals surface area (Å²) in [6.45, 7) is 4.41. The first-order valence-electron chi connectivity index (χ1n) is 2.81. The maximum Gasteiger partial charge on any atom is 0.341 e. The van der Waals surface area contributed by atoms with E-state index in [2.05, 4.69) is 19.2 Å². The fourth-order valence-electron chi connectivity index (χ4n) is 0. The number of aliphatic hydroxyl groups is 2. The van der Waals surface area contributed by atoms with Gasteiger partial charge in [-0.25, -0.2) is 4.79 Å². The zero-order valence-corrected chi connectivity index (χ0v) is 7.08. The molecule has 0 radical (unpaired) electrons. The summed E-state index contributed by atoms with van der Waals surface area (Å²) in [6, 6.07) is 0. The van der Waals surface area contributed by atoms with Gasteiger partial charge in [0.2, 0.25) is 0 Å². The van der Waals surface area contributed by atoms with Crippen LogP contribution in [0.2, 0.25) is 0 Å². The van der Waals surface area contributed by atoms with Crippen LogP contribution in [0.5, 0.6) is 0 Å². The third-order valence-electron chi connectivity index (χ3n) is 0.511. The SMILES string of the molecule is C=C(S)C(=O)O.CC(O)CO. The Balaban J connectivity index is 0. The summed E-state index contributed by atoms with van der Waals surface area (Å²) >= 11 is 3.40. The van der Waals surface area contributed by atoms with E-state index in [1.54, 1.807) is 0 Å². The average molecular weight is 180 g/mol. The molecule has 1 atom stereocenters. The molecule has 0 aliphatic rings. The molecule has 0 aromatic rings. The van der Waals surface area contributed by atoms with E-state index in [1.807, 2.05) is 0 Å². The van der Waals surface area contributed by atoms with Crippen LogP contribution < -0.4 is 0 Å². The summed E-state index contributed by atoms with van der Waals surface area (Å²) in [6.07, 6.45) is -0.560. The maximum atomic E-state index is 9.52. The number of aliphatic carboxylic acids is 1. The highest BCUT2D eigenvalue weighted by atomic mass is 32.1. The number of carbonyl (C=O) groups is 1. The van der Waals surface area contributed by atoms with Gasteiger partial charge in [-0.3, -0.25) is 0 Å². The van der Waals surface area contributed by atoms with Crippen molar-refractivity contribution in [2.75, 3.05) is 6.61 Å². The van der Waals surface area contributed by atoms with Crippen LogP contribution in [0.1, 0.15) is 6.92 Å². The molecule has 0 saturated carbocycles. The van der Waals surface area contributed by atoms with Gasteiger partial charge in [0.25, 0.3) is 0 Å². The molecule has 0 aromatic carbocycles. The zero-order valence-electron chi connectivity index (χ0n) is 6.19. The molecule has 0 saturated heterocycles. The Morgan fingerprint density at radius 3 is 1.91 bits per heavy atom. The first-order valence-corrected chi connectivity index (χ1v) is 3.26. The maximum absolute atomic E-state index is 9.52. The lowest BCUT2D eigenvalue weighted by Crippen LogP contribution is -2.03. The summed E-state index contributed by atoms with van der Waals surface area (Å²) in [5, 5.41) is 23.8. The predicted molar refractivity (Wildman–Crippen MR) is 44.5 cm³/mol. The molecule has 0 heterocycles. The van der Waals surface area contributed by atoms with Crippen LogP contribution in [0.4, 0.5) is 0 Å². The van der Waals surface area contributed by atoms with Crippen LogP contribution >= 0.6 is 12.6 Å². The van der Waals surface area contributed by atoms with E-state index in [0.717, 1.165) is 0 Å². The van der Waals surface area contributed by atoms with Crippen molar-refractivity contribution < 1.29 is 20.1 Å². The summed E-state index contributed by atoms with van der Waals surface area (Å²) in [4.78, 5) is 9.39. The summed E-state index contributed by atoms with van der Waals surface area (Å²) < 4.78 is 0. The second kappa shape index (κ2) is 7.59. The quantitative estimate of drug-likeness (QED) is 0.353. The molecular formula is C6H12O4S.